The molecule has 4 rings (SSSR count). The van der Waals surface area contributed by atoms with Crippen LogP contribution >= 0.6 is 0 Å². The maximum atomic E-state index is 14.3. The van der Waals surface area contributed by atoms with Crippen molar-refractivity contribution in [1.82, 2.24) is 15.5 Å². The highest BCUT2D eigenvalue weighted by atomic mass is 19.1. The van der Waals surface area contributed by atoms with Gasteiger partial charge in [-0.15, -0.1) is 0 Å². The van der Waals surface area contributed by atoms with E-state index in [0.717, 1.165) is 57.2 Å². The number of ether oxygens (including phenoxy) is 1. The maximum absolute atomic E-state index is 14.3. The smallest absolute Gasteiger partial charge is 0.191 e. The Morgan fingerprint density at radius 1 is 1.07 bits per heavy atom. The number of aliphatic imine (C=N–C) groups is 1. The molecular formula is C24H31FN4O. The van der Waals surface area contributed by atoms with Crippen LogP contribution in [0.15, 0.2) is 59.6 Å². The molecule has 0 bridgehead atoms. The van der Waals surface area contributed by atoms with Crippen LogP contribution in [0.25, 0.3) is 0 Å². The Bertz CT molecular complexity index is 847. The van der Waals surface area contributed by atoms with E-state index < -0.39 is 0 Å². The number of hydrogen-bond acceptors (Lipinski definition) is 3. The molecule has 1 aliphatic heterocycles. The van der Waals surface area contributed by atoms with Gasteiger partial charge < -0.3 is 15.4 Å². The van der Waals surface area contributed by atoms with Crippen molar-refractivity contribution < 1.29 is 9.13 Å². The number of rotatable bonds is 7. The molecule has 1 saturated carbocycles. The Labute approximate surface area is 178 Å². The highest BCUT2D eigenvalue weighted by Gasteiger charge is 2.45. The number of nitrogens with one attached hydrogen (secondary N) is 2. The first-order chi connectivity index (χ1) is 14.7. The zero-order valence-corrected chi connectivity index (χ0v) is 17.6. The van der Waals surface area contributed by atoms with Crippen molar-refractivity contribution >= 4 is 5.96 Å². The lowest BCUT2D eigenvalue weighted by atomic mass is 9.95. The molecular weight excluding hydrogens is 379 g/mol. The first kappa shape index (κ1) is 20.8. The normalized spacial score (nSPS) is 19.9. The van der Waals surface area contributed by atoms with E-state index in [1.165, 1.54) is 5.56 Å². The van der Waals surface area contributed by atoms with Gasteiger partial charge in [0.1, 0.15) is 5.82 Å². The van der Waals surface area contributed by atoms with Gasteiger partial charge in [0.05, 0.1) is 19.3 Å². The van der Waals surface area contributed by atoms with Crippen molar-refractivity contribution in [2.45, 2.75) is 24.3 Å². The summed E-state index contributed by atoms with van der Waals surface area (Å²) in [6.07, 6.45) is 2.00. The van der Waals surface area contributed by atoms with Crippen LogP contribution in [-0.2, 0) is 10.2 Å². The Balaban J connectivity index is 1.38. The lowest BCUT2D eigenvalue weighted by molar-refractivity contribution is 0.0170. The van der Waals surface area contributed by atoms with Crippen LogP contribution in [0.3, 0.4) is 0 Å². The molecule has 1 unspecified atom stereocenters. The minimum absolute atomic E-state index is 0.115. The Morgan fingerprint density at radius 2 is 1.77 bits per heavy atom. The van der Waals surface area contributed by atoms with E-state index >= 15 is 0 Å². The number of nitrogens with zero attached hydrogens (tertiary/aromatic N) is 2. The molecule has 0 radical (unpaired) electrons. The van der Waals surface area contributed by atoms with Gasteiger partial charge in [0.25, 0.3) is 0 Å². The van der Waals surface area contributed by atoms with Crippen LogP contribution < -0.4 is 10.6 Å². The second-order valence-electron chi connectivity index (χ2n) is 8.14. The van der Waals surface area contributed by atoms with Gasteiger partial charge in [-0.2, -0.15) is 0 Å². The quantitative estimate of drug-likeness (QED) is 0.544. The average Bonchev–Trinajstić information content (AvgIpc) is 3.58. The largest absolute Gasteiger partial charge is 0.379 e. The third kappa shape index (κ3) is 4.82. The summed E-state index contributed by atoms with van der Waals surface area (Å²) in [5.74, 6) is 0.642. The molecule has 1 saturated heterocycles. The predicted octanol–water partition coefficient (Wildman–Crippen LogP) is 3.10. The topological polar surface area (TPSA) is 48.9 Å². The molecule has 2 fully saturated rings. The first-order valence-corrected chi connectivity index (χ1v) is 10.8. The van der Waals surface area contributed by atoms with Gasteiger partial charge in [0.2, 0.25) is 0 Å². The van der Waals surface area contributed by atoms with E-state index in [0.29, 0.717) is 6.54 Å². The van der Waals surface area contributed by atoms with Crippen LogP contribution in [-0.4, -0.2) is 57.3 Å². The van der Waals surface area contributed by atoms with E-state index in [-0.39, 0.29) is 17.3 Å². The molecule has 1 heterocycles. The van der Waals surface area contributed by atoms with Crippen LogP contribution in [0, 0.1) is 5.82 Å². The summed E-state index contributed by atoms with van der Waals surface area (Å²) >= 11 is 0. The molecule has 6 heteroatoms. The van der Waals surface area contributed by atoms with Crippen LogP contribution in [0.5, 0.6) is 0 Å². The summed E-state index contributed by atoms with van der Waals surface area (Å²) in [6, 6.07) is 17.9. The number of guanidine groups is 1. The molecule has 1 atom stereocenters. The summed E-state index contributed by atoms with van der Waals surface area (Å²) in [6.45, 7) is 4.80. The van der Waals surface area contributed by atoms with E-state index in [9.17, 15) is 4.39 Å². The van der Waals surface area contributed by atoms with Gasteiger partial charge >= 0.3 is 0 Å². The van der Waals surface area contributed by atoms with Gasteiger partial charge in [-0.1, -0.05) is 48.5 Å². The van der Waals surface area contributed by atoms with Gasteiger partial charge in [0, 0.05) is 38.6 Å². The molecule has 160 valence electrons. The van der Waals surface area contributed by atoms with E-state index in [1.807, 2.05) is 18.2 Å². The summed E-state index contributed by atoms with van der Waals surface area (Å²) in [5.41, 5.74) is 1.97. The molecule has 2 N–H and O–H groups in total. The van der Waals surface area contributed by atoms with E-state index in [1.54, 1.807) is 19.2 Å². The van der Waals surface area contributed by atoms with Crippen molar-refractivity contribution in [1.29, 1.82) is 0 Å². The molecule has 1 aliphatic carbocycles. The van der Waals surface area contributed by atoms with Gasteiger partial charge in [0.15, 0.2) is 5.96 Å². The average molecular weight is 411 g/mol. The zero-order valence-electron chi connectivity index (χ0n) is 17.6. The van der Waals surface area contributed by atoms with Crippen LogP contribution in [0.1, 0.15) is 30.0 Å². The van der Waals surface area contributed by atoms with Crippen molar-refractivity contribution in [3.63, 3.8) is 0 Å². The molecule has 0 aromatic heterocycles. The highest BCUT2D eigenvalue weighted by molar-refractivity contribution is 5.79. The molecule has 30 heavy (non-hydrogen) atoms. The third-order valence-corrected chi connectivity index (χ3v) is 6.25. The molecule has 2 aromatic rings. The standard InChI is InChI=1S/C24H31FN4O/c1-26-23(28-18-24(11-12-24)20-9-5-6-10-21(20)25)27-17-22(19-7-3-2-4-8-19)29-13-15-30-16-14-29/h2-10,22H,11-18H2,1H3,(H2,26,27,28). The second kappa shape index (κ2) is 9.58. The van der Waals surface area contributed by atoms with Gasteiger partial charge in [-0.05, 0) is 30.0 Å². The molecule has 0 amide bonds. The van der Waals surface area contributed by atoms with Crippen LogP contribution in [0.4, 0.5) is 4.39 Å². The fraction of sp³-hybridized carbons (Fsp3) is 0.458. The minimum atomic E-state index is -0.119. The highest BCUT2D eigenvalue weighted by Crippen LogP contribution is 2.48. The number of benzene rings is 2. The van der Waals surface area contributed by atoms with Crippen molar-refractivity contribution in [2.24, 2.45) is 4.99 Å². The number of halogens is 1. The van der Waals surface area contributed by atoms with Crippen molar-refractivity contribution in [3.8, 4) is 0 Å². The SMILES string of the molecule is CN=C(NCC(c1ccccc1)N1CCOCC1)NCC1(c2ccccc2F)CC1. The first-order valence-electron chi connectivity index (χ1n) is 10.8. The minimum Gasteiger partial charge on any atom is -0.379 e. The fourth-order valence-corrected chi connectivity index (χ4v) is 4.27. The lowest BCUT2D eigenvalue weighted by Crippen LogP contribution is -2.47. The molecule has 2 aromatic carbocycles. The lowest BCUT2D eigenvalue weighted by Gasteiger charge is -2.35. The summed E-state index contributed by atoms with van der Waals surface area (Å²) in [4.78, 5) is 6.86. The number of hydrogen-bond donors (Lipinski definition) is 2. The predicted molar refractivity (Wildman–Crippen MR) is 118 cm³/mol. The fourth-order valence-electron chi connectivity index (χ4n) is 4.27. The third-order valence-electron chi connectivity index (χ3n) is 6.25. The van der Waals surface area contributed by atoms with Gasteiger partial charge in [-0.25, -0.2) is 4.39 Å². The maximum Gasteiger partial charge on any atom is 0.191 e. The second-order valence-corrected chi connectivity index (χ2v) is 8.14. The number of morpholine rings is 1. The van der Waals surface area contributed by atoms with Gasteiger partial charge in [-0.3, -0.25) is 9.89 Å². The van der Waals surface area contributed by atoms with Crippen molar-refractivity contribution in [3.05, 3.63) is 71.5 Å². The van der Waals surface area contributed by atoms with E-state index in [2.05, 4.69) is 44.8 Å². The monoisotopic (exact) mass is 410 g/mol. The summed E-state index contributed by atoms with van der Waals surface area (Å²) in [5, 5.41) is 6.93. The molecule has 2 aliphatic rings. The molecule has 5 nitrogen and oxygen atoms in total. The van der Waals surface area contributed by atoms with Crippen molar-refractivity contribution in [2.75, 3.05) is 46.4 Å². The molecule has 0 spiro atoms. The van der Waals surface area contributed by atoms with Crippen LogP contribution in [0.2, 0.25) is 0 Å². The Hall–Kier alpha value is -2.44. The summed E-state index contributed by atoms with van der Waals surface area (Å²) < 4.78 is 19.8. The Kier molecular flexibility index (Phi) is 6.65. The summed E-state index contributed by atoms with van der Waals surface area (Å²) in [7, 11) is 1.78. The zero-order chi connectivity index (χ0) is 20.8. The van der Waals surface area contributed by atoms with E-state index in [4.69, 9.17) is 4.74 Å². The Morgan fingerprint density at radius 3 is 2.43 bits per heavy atom.